The number of carboxylic acids is 1. The number of carbonyl (C=O) groups excluding carboxylic acids is 3. The molecule has 2 aromatic carbocycles. The van der Waals surface area contributed by atoms with Gasteiger partial charge in [-0.05, 0) is 44.2 Å². The number of hydrogen-bond donors (Lipinski definition) is 3. The fraction of sp³-hybridized carbons (Fsp3) is 0.500. The molecule has 0 saturated carbocycles. The summed E-state index contributed by atoms with van der Waals surface area (Å²) in [5, 5.41) is 15.0. The van der Waals surface area contributed by atoms with E-state index in [9.17, 15) is 24.3 Å². The van der Waals surface area contributed by atoms with Gasteiger partial charge in [0.1, 0.15) is 24.2 Å². The highest BCUT2D eigenvalue weighted by molar-refractivity contribution is 5.91. The van der Waals surface area contributed by atoms with Crippen LogP contribution in [0.2, 0.25) is 0 Å². The molecule has 0 heterocycles. The summed E-state index contributed by atoms with van der Waals surface area (Å²) in [6.07, 6.45) is -0.258. The van der Waals surface area contributed by atoms with Crippen LogP contribution >= 0.6 is 0 Å². The predicted octanol–water partition coefficient (Wildman–Crippen LogP) is 4.54. The molecule has 0 radical (unpaired) electrons. The van der Waals surface area contributed by atoms with E-state index < -0.39 is 47.0 Å². The number of ether oxygens (including phenoxy) is 1. The molecule has 9 heteroatoms. The second-order valence-corrected chi connectivity index (χ2v) is 12.4. The number of rotatable bonds is 13. The van der Waals surface area contributed by atoms with Crippen LogP contribution in [0.25, 0.3) is 0 Å². The Balaban J connectivity index is 2.29. The van der Waals surface area contributed by atoms with Crippen molar-refractivity contribution in [3.63, 3.8) is 0 Å². The molecule has 41 heavy (non-hydrogen) atoms. The van der Waals surface area contributed by atoms with Crippen LogP contribution in [0.3, 0.4) is 0 Å². The molecule has 2 rings (SSSR count). The number of nitrogens with zero attached hydrogens (tertiary/aromatic N) is 1. The molecule has 0 aliphatic heterocycles. The summed E-state index contributed by atoms with van der Waals surface area (Å²) >= 11 is 0. The number of amides is 3. The predicted molar refractivity (Wildman–Crippen MR) is 158 cm³/mol. The summed E-state index contributed by atoms with van der Waals surface area (Å²) in [6, 6.07) is 16.6. The molecule has 2 atom stereocenters. The second kappa shape index (κ2) is 14.7. The number of carbonyl (C=O) groups is 4. The first-order valence-corrected chi connectivity index (χ1v) is 14.0. The Hall–Kier alpha value is -3.88. The van der Waals surface area contributed by atoms with E-state index in [1.807, 2.05) is 88.4 Å². The monoisotopic (exact) mass is 567 g/mol. The van der Waals surface area contributed by atoms with Gasteiger partial charge in [-0.15, -0.1) is 0 Å². The molecule has 0 unspecified atom stereocenters. The standard InChI is InChI=1S/C32H45N3O6/c1-22(2)18-26(29(38)39)34-28(37)25(19-23-14-10-8-11-15-23)33-27(36)20-35(30(40)41-31(3,4)5)21-32(6,7)24-16-12-9-13-17-24/h8-17,22,25-26H,18-21H2,1-7H3,(H,33,36)(H,34,37)(H,38,39)/t25-,26-/m1/s1. The van der Waals surface area contributed by atoms with Crippen LogP contribution in [-0.2, 0) is 31.0 Å². The van der Waals surface area contributed by atoms with Gasteiger partial charge in [0, 0.05) is 18.4 Å². The van der Waals surface area contributed by atoms with Gasteiger partial charge in [-0.25, -0.2) is 9.59 Å². The number of benzene rings is 2. The summed E-state index contributed by atoms with van der Waals surface area (Å²) in [5.74, 6) is -2.28. The lowest BCUT2D eigenvalue weighted by Gasteiger charge is -2.34. The zero-order valence-corrected chi connectivity index (χ0v) is 25.3. The fourth-order valence-corrected chi connectivity index (χ4v) is 4.41. The number of aliphatic carboxylic acids is 1. The minimum absolute atomic E-state index is 0.0360. The molecular weight excluding hydrogens is 522 g/mol. The smallest absolute Gasteiger partial charge is 0.410 e. The van der Waals surface area contributed by atoms with Gasteiger partial charge >= 0.3 is 12.1 Å². The number of nitrogens with one attached hydrogen (secondary N) is 2. The first-order chi connectivity index (χ1) is 19.1. The zero-order valence-electron chi connectivity index (χ0n) is 25.3. The summed E-state index contributed by atoms with van der Waals surface area (Å²) in [6.45, 7) is 12.8. The topological polar surface area (TPSA) is 125 Å². The van der Waals surface area contributed by atoms with E-state index in [1.165, 1.54) is 4.90 Å². The van der Waals surface area contributed by atoms with Crippen LogP contribution in [0.15, 0.2) is 60.7 Å². The third-order valence-electron chi connectivity index (χ3n) is 6.38. The quantitative estimate of drug-likeness (QED) is 0.326. The van der Waals surface area contributed by atoms with Crippen LogP contribution in [0, 0.1) is 5.92 Å². The molecule has 9 nitrogen and oxygen atoms in total. The van der Waals surface area contributed by atoms with Crippen molar-refractivity contribution in [2.75, 3.05) is 13.1 Å². The number of carboxylic acid groups (broad SMARTS) is 1. The molecule has 3 amide bonds. The van der Waals surface area contributed by atoms with Crippen molar-refractivity contribution in [1.29, 1.82) is 0 Å². The summed E-state index contributed by atoms with van der Waals surface area (Å²) in [4.78, 5) is 53.0. The lowest BCUT2D eigenvalue weighted by molar-refractivity contribution is -0.142. The van der Waals surface area contributed by atoms with E-state index >= 15 is 0 Å². The summed E-state index contributed by atoms with van der Waals surface area (Å²) in [7, 11) is 0. The summed E-state index contributed by atoms with van der Waals surface area (Å²) in [5.41, 5.74) is 0.490. The van der Waals surface area contributed by atoms with E-state index in [2.05, 4.69) is 10.6 Å². The molecule has 0 spiro atoms. The molecule has 2 aromatic rings. The van der Waals surface area contributed by atoms with Crippen LogP contribution in [0.4, 0.5) is 4.79 Å². The summed E-state index contributed by atoms with van der Waals surface area (Å²) < 4.78 is 5.61. The third kappa shape index (κ3) is 11.6. The maximum Gasteiger partial charge on any atom is 0.410 e. The van der Waals surface area contributed by atoms with Crippen molar-refractivity contribution in [3.05, 3.63) is 71.8 Å². The maximum absolute atomic E-state index is 13.4. The first-order valence-electron chi connectivity index (χ1n) is 14.0. The highest BCUT2D eigenvalue weighted by Gasteiger charge is 2.33. The van der Waals surface area contributed by atoms with Crippen molar-refractivity contribution >= 4 is 23.9 Å². The lowest BCUT2D eigenvalue weighted by atomic mass is 9.84. The van der Waals surface area contributed by atoms with Gasteiger partial charge in [0.2, 0.25) is 11.8 Å². The minimum atomic E-state index is -1.14. The molecule has 224 valence electrons. The van der Waals surface area contributed by atoms with Crippen LogP contribution in [0.1, 0.15) is 66.0 Å². The van der Waals surface area contributed by atoms with Crippen LogP contribution < -0.4 is 10.6 Å². The first kappa shape index (κ1) is 33.3. The van der Waals surface area contributed by atoms with E-state index in [0.29, 0.717) is 0 Å². The average Bonchev–Trinajstić information content (AvgIpc) is 2.87. The highest BCUT2D eigenvalue weighted by atomic mass is 16.6. The Morgan fingerprint density at radius 2 is 1.41 bits per heavy atom. The van der Waals surface area contributed by atoms with Crippen LogP contribution in [0.5, 0.6) is 0 Å². The molecular formula is C32H45N3O6. The fourth-order valence-electron chi connectivity index (χ4n) is 4.41. The van der Waals surface area contributed by atoms with Gasteiger partial charge < -0.3 is 20.5 Å². The van der Waals surface area contributed by atoms with Crippen molar-refractivity contribution in [2.45, 2.75) is 84.4 Å². The second-order valence-electron chi connectivity index (χ2n) is 12.4. The third-order valence-corrected chi connectivity index (χ3v) is 6.38. The average molecular weight is 568 g/mol. The van der Waals surface area contributed by atoms with Gasteiger partial charge in [0.15, 0.2) is 0 Å². The van der Waals surface area contributed by atoms with Gasteiger partial charge in [-0.3, -0.25) is 14.5 Å². The van der Waals surface area contributed by atoms with Crippen molar-refractivity contribution in [2.24, 2.45) is 5.92 Å². The van der Waals surface area contributed by atoms with E-state index in [4.69, 9.17) is 4.74 Å². The maximum atomic E-state index is 13.4. The Kier molecular flexibility index (Phi) is 11.9. The van der Waals surface area contributed by atoms with Gasteiger partial charge in [0.05, 0.1) is 0 Å². The molecule has 0 fully saturated rings. The van der Waals surface area contributed by atoms with Gasteiger partial charge in [0.25, 0.3) is 0 Å². The highest BCUT2D eigenvalue weighted by Crippen LogP contribution is 2.25. The molecule has 3 N–H and O–H groups in total. The van der Waals surface area contributed by atoms with E-state index in [1.54, 1.807) is 20.8 Å². The van der Waals surface area contributed by atoms with Crippen LogP contribution in [-0.4, -0.2) is 64.7 Å². The molecule has 0 saturated heterocycles. The SMILES string of the molecule is CC(C)C[C@@H](NC(=O)[C@@H](Cc1ccccc1)NC(=O)CN(CC(C)(C)c1ccccc1)C(=O)OC(C)(C)C)C(=O)O. The van der Waals surface area contributed by atoms with Crippen molar-refractivity contribution < 1.29 is 29.0 Å². The normalized spacial score (nSPS) is 13.2. The Morgan fingerprint density at radius 1 is 0.854 bits per heavy atom. The lowest BCUT2D eigenvalue weighted by Crippen LogP contribution is -2.55. The Morgan fingerprint density at radius 3 is 1.93 bits per heavy atom. The molecule has 0 aliphatic rings. The Bertz CT molecular complexity index is 1160. The number of hydrogen-bond acceptors (Lipinski definition) is 5. The largest absolute Gasteiger partial charge is 0.480 e. The molecule has 0 aliphatic carbocycles. The van der Waals surface area contributed by atoms with Crippen molar-refractivity contribution in [1.82, 2.24) is 15.5 Å². The van der Waals surface area contributed by atoms with Crippen molar-refractivity contribution in [3.8, 4) is 0 Å². The Labute approximate surface area is 243 Å². The molecule has 0 bridgehead atoms. The zero-order chi connectivity index (χ0) is 30.8. The minimum Gasteiger partial charge on any atom is -0.480 e. The van der Waals surface area contributed by atoms with E-state index in [-0.39, 0.29) is 31.8 Å². The van der Waals surface area contributed by atoms with Gasteiger partial charge in [-0.1, -0.05) is 88.4 Å². The molecule has 0 aromatic heterocycles. The van der Waals surface area contributed by atoms with E-state index in [0.717, 1.165) is 11.1 Å². The van der Waals surface area contributed by atoms with Gasteiger partial charge in [-0.2, -0.15) is 0 Å².